The molecule has 21 heavy (non-hydrogen) atoms. The molecule has 0 amide bonds. The molecule has 1 unspecified atom stereocenters. The maximum atomic E-state index is 6.30. The van der Waals surface area contributed by atoms with Crippen LogP contribution in [0.15, 0.2) is 54.7 Å². The van der Waals surface area contributed by atoms with Gasteiger partial charge in [0.2, 0.25) is 0 Å². The molecule has 0 aliphatic rings. The molecule has 1 N–H and O–H groups in total. The Bertz CT molecular complexity index is 696. The van der Waals surface area contributed by atoms with Crippen molar-refractivity contribution in [1.29, 1.82) is 0 Å². The molecule has 0 saturated carbocycles. The largest absolute Gasteiger partial charge is 0.484 e. The lowest BCUT2D eigenvalue weighted by atomic mass is 10.1. The predicted molar refractivity (Wildman–Crippen MR) is 88.0 cm³/mol. The van der Waals surface area contributed by atoms with Gasteiger partial charge in [-0.3, -0.25) is 0 Å². The van der Waals surface area contributed by atoms with Crippen LogP contribution in [0, 0.1) is 0 Å². The maximum absolute atomic E-state index is 6.30. The molecule has 0 fully saturated rings. The molecule has 3 aromatic rings. The van der Waals surface area contributed by atoms with Crippen LogP contribution in [0.3, 0.4) is 0 Å². The number of hydrogen-bond donors (Lipinski definition) is 1. The van der Waals surface area contributed by atoms with E-state index in [1.165, 1.54) is 17.1 Å². The number of rotatable bonds is 6. The van der Waals surface area contributed by atoms with Crippen LogP contribution in [0.1, 0.15) is 18.1 Å². The third-order valence-electron chi connectivity index (χ3n) is 3.44. The fourth-order valence-corrected chi connectivity index (χ4v) is 3.05. The number of nitrogens with zero attached hydrogens (tertiary/aromatic N) is 1. The third-order valence-corrected chi connectivity index (χ3v) is 4.27. The monoisotopic (exact) mass is 298 g/mol. The highest BCUT2D eigenvalue weighted by Gasteiger charge is 2.15. The molecule has 0 aliphatic carbocycles. The maximum Gasteiger partial charge on any atom is 0.139 e. The van der Waals surface area contributed by atoms with Gasteiger partial charge in [-0.2, -0.15) is 4.37 Å². The Balaban J connectivity index is 1.89. The summed E-state index contributed by atoms with van der Waals surface area (Å²) in [6.07, 6.45) is 2.86. The van der Waals surface area contributed by atoms with Crippen molar-refractivity contribution in [1.82, 2.24) is 9.69 Å². The van der Waals surface area contributed by atoms with Gasteiger partial charge >= 0.3 is 0 Å². The number of benzene rings is 2. The summed E-state index contributed by atoms with van der Waals surface area (Å²) in [5, 5.41) is 4.33. The standard InChI is InChI=1S/C17H18N2OS/c1-18-11-10-15(13-6-3-2-4-7-13)20-16-9-5-8-14-12-19-21-17(14)16/h2-9,12,15,18H,10-11H2,1H3. The molecule has 4 heteroatoms. The van der Waals surface area contributed by atoms with Crippen LogP contribution in [0.2, 0.25) is 0 Å². The van der Waals surface area contributed by atoms with Crippen molar-refractivity contribution in [3.8, 4) is 5.75 Å². The Labute approximate surface area is 128 Å². The van der Waals surface area contributed by atoms with Crippen LogP contribution < -0.4 is 10.1 Å². The first-order chi connectivity index (χ1) is 10.4. The zero-order valence-electron chi connectivity index (χ0n) is 12.0. The van der Waals surface area contributed by atoms with Crippen LogP contribution in [0.5, 0.6) is 5.75 Å². The smallest absolute Gasteiger partial charge is 0.139 e. The minimum Gasteiger partial charge on any atom is -0.484 e. The SMILES string of the molecule is CNCCC(Oc1cccc2cnsc12)c1ccccc1. The average molecular weight is 298 g/mol. The van der Waals surface area contributed by atoms with E-state index in [1.807, 2.05) is 31.4 Å². The molecule has 3 rings (SSSR count). The van der Waals surface area contributed by atoms with Crippen LogP contribution in [-0.4, -0.2) is 18.0 Å². The summed E-state index contributed by atoms with van der Waals surface area (Å²) in [6, 6.07) is 16.5. The molecule has 0 aliphatic heterocycles. The molecule has 108 valence electrons. The first-order valence-electron chi connectivity index (χ1n) is 7.08. The van der Waals surface area contributed by atoms with Gasteiger partial charge in [-0.15, -0.1) is 0 Å². The van der Waals surface area contributed by atoms with Gasteiger partial charge in [-0.05, 0) is 36.8 Å². The molecule has 2 aromatic carbocycles. The lowest BCUT2D eigenvalue weighted by Gasteiger charge is -2.20. The summed E-state index contributed by atoms with van der Waals surface area (Å²) in [7, 11) is 1.96. The van der Waals surface area contributed by atoms with E-state index in [1.54, 1.807) is 0 Å². The number of fused-ring (bicyclic) bond motifs is 1. The number of hydrogen-bond acceptors (Lipinski definition) is 4. The molecular weight excluding hydrogens is 280 g/mol. The third kappa shape index (κ3) is 3.23. The van der Waals surface area contributed by atoms with E-state index in [2.05, 4.69) is 40.0 Å². The second kappa shape index (κ2) is 6.70. The lowest BCUT2D eigenvalue weighted by Crippen LogP contribution is -2.16. The van der Waals surface area contributed by atoms with E-state index in [0.717, 1.165) is 28.8 Å². The van der Waals surface area contributed by atoms with Crippen molar-refractivity contribution >= 4 is 21.6 Å². The van der Waals surface area contributed by atoms with Crippen molar-refractivity contribution in [3.63, 3.8) is 0 Å². The molecule has 1 heterocycles. The molecule has 0 bridgehead atoms. The zero-order chi connectivity index (χ0) is 14.5. The van der Waals surface area contributed by atoms with Crippen LogP contribution in [0.25, 0.3) is 10.1 Å². The van der Waals surface area contributed by atoms with E-state index in [4.69, 9.17) is 4.74 Å². The van der Waals surface area contributed by atoms with Gasteiger partial charge in [0, 0.05) is 18.0 Å². The van der Waals surface area contributed by atoms with Gasteiger partial charge in [0.05, 0.1) is 4.70 Å². The van der Waals surface area contributed by atoms with Crippen molar-refractivity contribution in [2.75, 3.05) is 13.6 Å². The minimum atomic E-state index is 0.0475. The number of aromatic nitrogens is 1. The van der Waals surface area contributed by atoms with Gasteiger partial charge < -0.3 is 10.1 Å². The highest BCUT2D eigenvalue weighted by molar-refractivity contribution is 7.13. The summed E-state index contributed by atoms with van der Waals surface area (Å²) in [5.41, 5.74) is 1.20. The number of nitrogens with one attached hydrogen (secondary N) is 1. The number of ether oxygens (including phenoxy) is 1. The van der Waals surface area contributed by atoms with Gasteiger partial charge in [-0.25, -0.2) is 0 Å². The second-order valence-corrected chi connectivity index (χ2v) is 5.71. The molecule has 0 spiro atoms. The first-order valence-corrected chi connectivity index (χ1v) is 7.85. The second-order valence-electron chi connectivity index (χ2n) is 4.91. The van der Waals surface area contributed by atoms with E-state index >= 15 is 0 Å². The van der Waals surface area contributed by atoms with Crippen LogP contribution in [-0.2, 0) is 0 Å². The Morgan fingerprint density at radius 2 is 2.00 bits per heavy atom. The van der Waals surface area contributed by atoms with E-state index < -0.39 is 0 Å². The minimum absolute atomic E-state index is 0.0475. The van der Waals surface area contributed by atoms with Crippen molar-refractivity contribution in [2.45, 2.75) is 12.5 Å². The molecule has 0 radical (unpaired) electrons. The summed E-state index contributed by atoms with van der Waals surface area (Å²) in [6.45, 7) is 0.915. The average Bonchev–Trinajstić information content (AvgIpc) is 3.01. The fourth-order valence-electron chi connectivity index (χ4n) is 2.35. The predicted octanol–water partition coefficient (Wildman–Crippen LogP) is 4.03. The zero-order valence-corrected chi connectivity index (χ0v) is 12.8. The molecule has 1 aromatic heterocycles. The van der Waals surface area contributed by atoms with E-state index in [-0.39, 0.29) is 6.10 Å². The molecule has 0 saturated heterocycles. The van der Waals surface area contributed by atoms with Gasteiger partial charge in [0.15, 0.2) is 0 Å². The van der Waals surface area contributed by atoms with Crippen molar-refractivity contribution < 1.29 is 4.74 Å². The summed E-state index contributed by atoms with van der Waals surface area (Å²) in [4.78, 5) is 0. The van der Waals surface area contributed by atoms with Gasteiger partial charge in [0.1, 0.15) is 11.9 Å². The Morgan fingerprint density at radius 1 is 1.14 bits per heavy atom. The van der Waals surface area contributed by atoms with Crippen molar-refractivity contribution in [2.24, 2.45) is 0 Å². The Morgan fingerprint density at radius 3 is 2.81 bits per heavy atom. The normalized spacial score (nSPS) is 12.4. The van der Waals surface area contributed by atoms with E-state index in [9.17, 15) is 0 Å². The molecule has 1 atom stereocenters. The van der Waals surface area contributed by atoms with Gasteiger partial charge in [-0.1, -0.05) is 42.5 Å². The van der Waals surface area contributed by atoms with Crippen LogP contribution in [0.4, 0.5) is 0 Å². The summed E-state index contributed by atoms with van der Waals surface area (Å²) >= 11 is 1.48. The fraction of sp³-hybridized carbons (Fsp3) is 0.235. The summed E-state index contributed by atoms with van der Waals surface area (Å²) < 4.78 is 11.7. The molecule has 3 nitrogen and oxygen atoms in total. The summed E-state index contributed by atoms with van der Waals surface area (Å²) in [5.74, 6) is 0.917. The molecular formula is C17H18N2OS. The highest BCUT2D eigenvalue weighted by Crippen LogP contribution is 2.33. The Hall–Kier alpha value is -1.91. The van der Waals surface area contributed by atoms with Crippen molar-refractivity contribution in [3.05, 3.63) is 60.3 Å². The lowest BCUT2D eigenvalue weighted by molar-refractivity contribution is 0.198. The van der Waals surface area contributed by atoms with E-state index in [0.29, 0.717) is 0 Å². The van der Waals surface area contributed by atoms with Crippen LogP contribution >= 0.6 is 11.5 Å². The topological polar surface area (TPSA) is 34.1 Å². The quantitative estimate of drug-likeness (QED) is 0.746. The van der Waals surface area contributed by atoms with Gasteiger partial charge in [0.25, 0.3) is 0 Å². The Kier molecular flexibility index (Phi) is 4.48. The highest BCUT2D eigenvalue weighted by atomic mass is 32.1. The first kappa shape index (κ1) is 14.0.